The first-order chi connectivity index (χ1) is 15.4. The lowest BCUT2D eigenvalue weighted by Gasteiger charge is -2.11. The van der Waals surface area contributed by atoms with E-state index in [1.807, 2.05) is 63.2 Å². The molecule has 6 heteroatoms. The number of amides is 2. The lowest BCUT2D eigenvalue weighted by Crippen LogP contribution is -2.20. The Hall–Kier alpha value is -4.06. The molecule has 0 fully saturated rings. The fourth-order valence-electron chi connectivity index (χ4n) is 3.52. The van der Waals surface area contributed by atoms with Crippen molar-refractivity contribution in [1.82, 2.24) is 0 Å². The van der Waals surface area contributed by atoms with Crippen molar-refractivity contribution in [2.75, 3.05) is 17.2 Å². The van der Waals surface area contributed by atoms with Crippen LogP contribution < -0.4 is 15.4 Å². The minimum atomic E-state index is -0.331. The van der Waals surface area contributed by atoms with Crippen LogP contribution in [0.15, 0.2) is 71.1 Å². The van der Waals surface area contributed by atoms with Gasteiger partial charge in [-0.1, -0.05) is 24.3 Å². The van der Waals surface area contributed by atoms with Crippen molar-refractivity contribution >= 4 is 34.2 Å². The predicted octanol–water partition coefficient (Wildman–Crippen LogP) is 5.63. The van der Waals surface area contributed by atoms with Crippen LogP contribution in [0.1, 0.15) is 27.2 Å². The van der Waals surface area contributed by atoms with Gasteiger partial charge in [-0.05, 0) is 79.9 Å². The molecule has 0 bridgehead atoms. The second kappa shape index (κ2) is 8.98. The maximum atomic E-state index is 12.6. The Morgan fingerprint density at radius 2 is 1.62 bits per heavy atom. The number of ether oxygens (including phenoxy) is 1. The molecule has 32 heavy (non-hydrogen) atoms. The molecule has 3 aromatic carbocycles. The summed E-state index contributed by atoms with van der Waals surface area (Å²) in [5.41, 5.74) is 4.89. The van der Waals surface area contributed by atoms with Crippen LogP contribution in [-0.4, -0.2) is 18.4 Å². The van der Waals surface area contributed by atoms with Crippen molar-refractivity contribution in [2.24, 2.45) is 0 Å². The van der Waals surface area contributed by atoms with Gasteiger partial charge in [-0.3, -0.25) is 9.59 Å². The van der Waals surface area contributed by atoms with E-state index >= 15 is 0 Å². The molecule has 0 aliphatic carbocycles. The third-order valence-electron chi connectivity index (χ3n) is 4.97. The number of carbonyl (C=O) groups is 2. The summed E-state index contributed by atoms with van der Waals surface area (Å²) in [6, 6.07) is 20.3. The van der Waals surface area contributed by atoms with E-state index in [1.54, 1.807) is 24.3 Å². The van der Waals surface area contributed by atoms with Crippen molar-refractivity contribution in [1.29, 1.82) is 0 Å². The third-order valence-corrected chi connectivity index (χ3v) is 4.97. The smallest absolute Gasteiger partial charge is 0.291 e. The zero-order valence-electron chi connectivity index (χ0n) is 18.2. The van der Waals surface area contributed by atoms with Crippen molar-refractivity contribution in [3.63, 3.8) is 0 Å². The maximum Gasteiger partial charge on any atom is 0.291 e. The molecule has 0 radical (unpaired) electrons. The number of hydrogen-bond donors (Lipinski definition) is 2. The van der Waals surface area contributed by atoms with Gasteiger partial charge in [0.05, 0.1) is 0 Å². The normalized spacial score (nSPS) is 10.7. The Morgan fingerprint density at radius 1 is 0.875 bits per heavy atom. The second-order valence-electron chi connectivity index (χ2n) is 7.79. The van der Waals surface area contributed by atoms with Gasteiger partial charge in [0, 0.05) is 16.8 Å². The summed E-state index contributed by atoms with van der Waals surface area (Å²) in [7, 11) is 0. The molecule has 1 heterocycles. The van der Waals surface area contributed by atoms with Gasteiger partial charge in [0.1, 0.15) is 11.3 Å². The maximum absolute atomic E-state index is 12.6. The van der Waals surface area contributed by atoms with Gasteiger partial charge >= 0.3 is 0 Å². The number of carbonyl (C=O) groups excluding carboxylic acids is 2. The number of anilines is 2. The highest BCUT2D eigenvalue weighted by atomic mass is 16.5. The summed E-state index contributed by atoms with van der Waals surface area (Å²) in [5.74, 6) is 0.314. The van der Waals surface area contributed by atoms with Gasteiger partial charge < -0.3 is 19.8 Å². The zero-order valence-corrected chi connectivity index (χ0v) is 18.2. The molecule has 0 aliphatic heterocycles. The van der Waals surface area contributed by atoms with Gasteiger partial charge in [-0.2, -0.15) is 0 Å². The summed E-state index contributed by atoms with van der Waals surface area (Å²) in [4.78, 5) is 24.9. The Bertz CT molecular complexity index is 1250. The Kier molecular flexibility index (Phi) is 5.94. The summed E-state index contributed by atoms with van der Waals surface area (Å²) in [6.07, 6.45) is 0. The first-order valence-electron chi connectivity index (χ1n) is 10.3. The highest BCUT2D eigenvalue weighted by Crippen LogP contribution is 2.23. The third kappa shape index (κ3) is 4.98. The molecule has 0 atom stereocenters. The SMILES string of the molecule is Cc1cc(C)cc(OCC(=O)Nc2ccc(NC(=O)c3cc4ccccc4o3)c(C)c2)c1. The van der Waals surface area contributed by atoms with E-state index in [2.05, 4.69) is 10.6 Å². The molecular weight excluding hydrogens is 404 g/mol. The summed E-state index contributed by atoms with van der Waals surface area (Å²) in [6.45, 7) is 5.73. The summed E-state index contributed by atoms with van der Waals surface area (Å²) >= 11 is 0. The molecule has 2 amide bonds. The Balaban J connectivity index is 1.37. The molecule has 162 valence electrons. The van der Waals surface area contributed by atoms with E-state index in [9.17, 15) is 9.59 Å². The van der Waals surface area contributed by atoms with E-state index in [0.29, 0.717) is 22.7 Å². The van der Waals surface area contributed by atoms with Crippen molar-refractivity contribution in [3.8, 4) is 5.75 Å². The number of benzene rings is 3. The lowest BCUT2D eigenvalue weighted by atomic mass is 10.1. The summed E-state index contributed by atoms with van der Waals surface area (Å²) < 4.78 is 11.2. The second-order valence-corrected chi connectivity index (χ2v) is 7.79. The Morgan fingerprint density at radius 3 is 2.34 bits per heavy atom. The van der Waals surface area contributed by atoms with E-state index in [4.69, 9.17) is 9.15 Å². The van der Waals surface area contributed by atoms with Crippen LogP contribution >= 0.6 is 0 Å². The number of rotatable bonds is 6. The number of para-hydroxylation sites is 1. The number of fused-ring (bicyclic) bond motifs is 1. The van der Waals surface area contributed by atoms with Crippen LogP contribution in [0, 0.1) is 20.8 Å². The van der Waals surface area contributed by atoms with Crippen LogP contribution in [0.5, 0.6) is 5.75 Å². The average Bonchev–Trinajstić information content (AvgIpc) is 3.18. The summed E-state index contributed by atoms with van der Waals surface area (Å²) in [5, 5.41) is 6.54. The molecule has 0 unspecified atom stereocenters. The molecule has 0 saturated carbocycles. The molecule has 0 aliphatic rings. The van der Waals surface area contributed by atoms with Crippen LogP contribution in [-0.2, 0) is 4.79 Å². The molecular formula is C26H24N2O4. The van der Waals surface area contributed by atoms with Gasteiger partial charge in [-0.25, -0.2) is 0 Å². The first-order valence-corrected chi connectivity index (χ1v) is 10.3. The largest absolute Gasteiger partial charge is 0.484 e. The molecule has 0 spiro atoms. The highest BCUT2D eigenvalue weighted by Gasteiger charge is 2.14. The van der Waals surface area contributed by atoms with E-state index in [1.165, 1.54) is 0 Å². The van der Waals surface area contributed by atoms with Gasteiger partial charge in [0.15, 0.2) is 12.4 Å². The lowest BCUT2D eigenvalue weighted by molar-refractivity contribution is -0.118. The molecule has 4 aromatic rings. The first kappa shape index (κ1) is 21.2. The minimum Gasteiger partial charge on any atom is -0.484 e. The molecule has 1 aromatic heterocycles. The monoisotopic (exact) mass is 428 g/mol. The Labute approximate surface area is 186 Å². The topological polar surface area (TPSA) is 80.6 Å². The van der Waals surface area contributed by atoms with Gasteiger partial charge in [0.2, 0.25) is 0 Å². The predicted molar refractivity (Wildman–Crippen MR) is 125 cm³/mol. The zero-order chi connectivity index (χ0) is 22.7. The molecule has 0 saturated heterocycles. The molecule has 6 nitrogen and oxygen atoms in total. The number of hydrogen-bond acceptors (Lipinski definition) is 4. The van der Waals surface area contributed by atoms with Gasteiger partial charge in [-0.15, -0.1) is 0 Å². The van der Waals surface area contributed by atoms with Gasteiger partial charge in [0.25, 0.3) is 11.8 Å². The number of aryl methyl sites for hydroxylation is 3. The van der Waals surface area contributed by atoms with Crippen LogP contribution in [0.4, 0.5) is 11.4 Å². The molecule has 2 N–H and O–H groups in total. The van der Waals surface area contributed by atoms with Crippen LogP contribution in [0.3, 0.4) is 0 Å². The number of furan rings is 1. The van der Waals surface area contributed by atoms with Crippen molar-refractivity contribution in [2.45, 2.75) is 20.8 Å². The van der Waals surface area contributed by atoms with E-state index < -0.39 is 0 Å². The minimum absolute atomic E-state index is 0.0908. The quantitative estimate of drug-likeness (QED) is 0.417. The van der Waals surface area contributed by atoms with Crippen molar-refractivity contribution in [3.05, 3.63) is 89.2 Å². The fraction of sp³-hybridized carbons (Fsp3) is 0.154. The molecule has 4 rings (SSSR count). The highest BCUT2D eigenvalue weighted by molar-refractivity contribution is 6.05. The van der Waals surface area contributed by atoms with E-state index in [-0.39, 0.29) is 24.2 Å². The fourth-order valence-corrected chi connectivity index (χ4v) is 3.52. The van der Waals surface area contributed by atoms with Crippen LogP contribution in [0.2, 0.25) is 0 Å². The van der Waals surface area contributed by atoms with E-state index in [0.717, 1.165) is 22.1 Å². The average molecular weight is 428 g/mol. The standard InChI is InChI=1S/C26H24N2O4/c1-16-10-17(2)12-21(11-16)31-15-25(29)27-20-8-9-22(18(3)13-20)28-26(30)24-14-19-6-4-5-7-23(19)32-24/h4-14H,15H2,1-3H3,(H,27,29)(H,28,30). The number of nitrogens with one attached hydrogen (secondary N) is 2. The van der Waals surface area contributed by atoms with Crippen LogP contribution in [0.25, 0.3) is 11.0 Å². The van der Waals surface area contributed by atoms with Crippen molar-refractivity contribution < 1.29 is 18.7 Å².